The number of H-pyrrole nitrogens is 1. The summed E-state index contributed by atoms with van der Waals surface area (Å²) in [4.78, 5) is 12.6. The largest absolute Gasteiger partial charge is 0.588 e. The lowest BCUT2D eigenvalue weighted by Gasteiger charge is -2.38. The van der Waals surface area contributed by atoms with Gasteiger partial charge < -0.3 is 9.29 Å². The van der Waals surface area contributed by atoms with Crippen molar-refractivity contribution in [3.63, 3.8) is 0 Å². The molecule has 0 spiro atoms. The van der Waals surface area contributed by atoms with E-state index < -0.39 is 11.4 Å². The maximum absolute atomic E-state index is 13.3. The molecule has 2 aliphatic heterocycles. The summed E-state index contributed by atoms with van der Waals surface area (Å²) < 4.78 is 22.7. The maximum Gasteiger partial charge on any atom is 0.269 e. The van der Waals surface area contributed by atoms with Crippen LogP contribution < -0.4 is 9.46 Å². The molecule has 0 radical (unpaired) electrons. The fourth-order valence-corrected chi connectivity index (χ4v) is 6.52. The molecular formula is C29H32N6O2S. The lowest BCUT2D eigenvalue weighted by atomic mass is 9.81. The number of benzene rings is 2. The Labute approximate surface area is 226 Å². The standard InChI is InChI=1S/C29H32N6O2S/c1-19-5-3-6-20(2)28(19)26-15-27-32-29(31-26)34-38(36)25-8-4-7-21(14-25)13-22-10-12-35(16-23(22)18-37-27)17-24-9-11-30-33-24/h3-9,11,14-15,22-23H,10,12-13,16-18H2,1-2H3,(H,30,33)(H,31,32,34)/t22?,23-,38?/m1/s1. The first-order valence-electron chi connectivity index (χ1n) is 13.1. The highest BCUT2D eigenvalue weighted by molar-refractivity contribution is 7.92. The van der Waals surface area contributed by atoms with Crippen molar-refractivity contribution in [3.8, 4) is 17.1 Å². The molecule has 2 aromatic carbocycles. The summed E-state index contributed by atoms with van der Waals surface area (Å²) in [7, 11) is 0. The molecule has 2 unspecified atom stereocenters. The van der Waals surface area contributed by atoms with Crippen molar-refractivity contribution in [3.05, 3.63) is 83.2 Å². The van der Waals surface area contributed by atoms with Crippen molar-refractivity contribution in [2.75, 3.05) is 24.4 Å². The highest BCUT2D eigenvalue weighted by Crippen LogP contribution is 2.32. The lowest BCUT2D eigenvalue weighted by Crippen LogP contribution is -2.43. The van der Waals surface area contributed by atoms with Crippen molar-refractivity contribution in [1.82, 2.24) is 25.1 Å². The van der Waals surface area contributed by atoms with Crippen LogP contribution >= 0.6 is 0 Å². The van der Waals surface area contributed by atoms with Gasteiger partial charge in [0, 0.05) is 42.5 Å². The number of ether oxygens (including phenoxy) is 1. The fourth-order valence-electron chi connectivity index (χ4n) is 5.69. The maximum atomic E-state index is 13.3. The van der Waals surface area contributed by atoms with Gasteiger partial charge >= 0.3 is 0 Å². The predicted octanol–water partition coefficient (Wildman–Crippen LogP) is 4.69. The number of aromatic nitrogens is 4. The number of rotatable bonds is 3. The van der Waals surface area contributed by atoms with E-state index in [2.05, 4.69) is 56.8 Å². The lowest BCUT2D eigenvalue weighted by molar-refractivity contribution is 0.0739. The monoisotopic (exact) mass is 528 g/mol. The molecule has 4 heterocycles. The van der Waals surface area contributed by atoms with Crippen LogP contribution in [0, 0.1) is 25.7 Å². The molecule has 1 fully saturated rings. The summed E-state index contributed by atoms with van der Waals surface area (Å²) in [5.74, 6) is 1.55. The Hall–Kier alpha value is -3.40. The number of hydrogen-bond acceptors (Lipinski definition) is 7. The molecular weight excluding hydrogens is 496 g/mol. The van der Waals surface area contributed by atoms with Crippen LogP contribution in [0.4, 0.5) is 5.95 Å². The molecule has 196 valence electrons. The summed E-state index contributed by atoms with van der Waals surface area (Å²) >= 11 is -1.50. The van der Waals surface area contributed by atoms with E-state index in [0.717, 1.165) is 65.4 Å². The van der Waals surface area contributed by atoms with Gasteiger partial charge in [-0.15, -0.1) is 0 Å². The van der Waals surface area contributed by atoms with Crippen LogP contribution in [0.5, 0.6) is 5.88 Å². The van der Waals surface area contributed by atoms with Crippen molar-refractivity contribution in [2.24, 2.45) is 11.8 Å². The number of nitrogens with one attached hydrogen (secondary N) is 2. The third kappa shape index (κ3) is 5.41. The first kappa shape index (κ1) is 24.9. The molecule has 8 nitrogen and oxygen atoms in total. The van der Waals surface area contributed by atoms with Gasteiger partial charge in [0.2, 0.25) is 5.88 Å². The summed E-state index contributed by atoms with van der Waals surface area (Å²) in [6, 6.07) is 18.2. The summed E-state index contributed by atoms with van der Waals surface area (Å²) in [6.07, 6.45) is 3.79. The van der Waals surface area contributed by atoms with Crippen molar-refractivity contribution in [2.45, 2.75) is 38.1 Å². The first-order valence-corrected chi connectivity index (χ1v) is 14.2. The minimum atomic E-state index is -1.50. The van der Waals surface area contributed by atoms with Crippen molar-refractivity contribution in [1.29, 1.82) is 0 Å². The number of hydrogen-bond donors (Lipinski definition) is 2. The Morgan fingerprint density at radius 2 is 1.89 bits per heavy atom. The smallest absolute Gasteiger partial charge is 0.269 e. The molecule has 2 N–H and O–H groups in total. The van der Waals surface area contributed by atoms with Gasteiger partial charge in [0.1, 0.15) is 11.4 Å². The van der Waals surface area contributed by atoms with Crippen LogP contribution in [0.1, 0.15) is 28.8 Å². The van der Waals surface area contributed by atoms with Crippen molar-refractivity contribution < 1.29 is 9.29 Å². The molecule has 6 rings (SSSR count). The van der Waals surface area contributed by atoms with E-state index in [4.69, 9.17) is 9.72 Å². The topological polar surface area (TPSA) is 102 Å². The Morgan fingerprint density at radius 1 is 1.05 bits per heavy atom. The Balaban J connectivity index is 1.36. The average molecular weight is 529 g/mol. The number of anilines is 1. The van der Waals surface area contributed by atoms with Gasteiger partial charge in [0.15, 0.2) is 4.90 Å². The predicted molar refractivity (Wildman–Crippen MR) is 148 cm³/mol. The zero-order valence-corrected chi connectivity index (χ0v) is 22.5. The molecule has 0 amide bonds. The van der Waals surface area contributed by atoms with E-state index in [1.807, 2.05) is 36.4 Å². The van der Waals surface area contributed by atoms with Gasteiger partial charge in [0.25, 0.3) is 5.95 Å². The molecule has 0 saturated carbocycles. The van der Waals surface area contributed by atoms with E-state index in [0.29, 0.717) is 30.3 Å². The molecule has 0 aliphatic carbocycles. The van der Waals surface area contributed by atoms with E-state index in [1.165, 1.54) is 5.56 Å². The Bertz CT molecular complexity index is 1390. The van der Waals surface area contributed by atoms with Gasteiger partial charge in [-0.05, 0) is 74.0 Å². The quantitative estimate of drug-likeness (QED) is 0.372. The van der Waals surface area contributed by atoms with Gasteiger partial charge in [-0.2, -0.15) is 14.8 Å². The average Bonchev–Trinajstić information content (AvgIpc) is 3.41. The number of fused-ring (bicyclic) bond motifs is 5. The highest BCUT2D eigenvalue weighted by Gasteiger charge is 2.31. The second-order valence-electron chi connectivity index (χ2n) is 10.3. The molecule has 3 atom stereocenters. The molecule has 9 heteroatoms. The number of likely N-dealkylation sites (tertiary alicyclic amines) is 1. The highest BCUT2D eigenvalue weighted by atomic mass is 32.2. The van der Waals surface area contributed by atoms with Crippen molar-refractivity contribution >= 4 is 17.3 Å². The summed E-state index contributed by atoms with van der Waals surface area (Å²) in [6.45, 7) is 7.48. The Morgan fingerprint density at radius 3 is 2.71 bits per heavy atom. The van der Waals surface area contributed by atoms with E-state index in [1.54, 1.807) is 6.20 Å². The molecule has 4 bridgehead atoms. The second kappa shape index (κ2) is 10.8. The minimum Gasteiger partial charge on any atom is -0.588 e. The fraction of sp³-hybridized carbons (Fsp3) is 0.345. The zero-order valence-electron chi connectivity index (χ0n) is 21.7. The van der Waals surface area contributed by atoms with Crippen LogP contribution in [-0.2, 0) is 24.3 Å². The van der Waals surface area contributed by atoms with E-state index in [-0.39, 0.29) is 0 Å². The van der Waals surface area contributed by atoms with Gasteiger partial charge in [0.05, 0.1) is 12.3 Å². The SMILES string of the molecule is Cc1cccc(C)c1-c1cc2nc(n1)N[S+]([O-])c1cccc(c1)CC1CCN(Cc3ccn[nH]3)C[C@@H]1CO2. The second-order valence-corrected chi connectivity index (χ2v) is 11.6. The third-order valence-electron chi connectivity index (χ3n) is 7.61. The number of nitrogens with zero attached hydrogens (tertiary/aromatic N) is 4. The first-order chi connectivity index (χ1) is 18.5. The van der Waals surface area contributed by atoms with E-state index in [9.17, 15) is 4.55 Å². The summed E-state index contributed by atoms with van der Waals surface area (Å²) in [5, 5.41) is 7.19. The third-order valence-corrected chi connectivity index (χ3v) is 8.66. The van der Waals surface area contributed by atoms with Crippen LogP contribution in [0.15, 0.2) is 65.7 Å². The zero-order chi connectivity index (χ0) is 26.1. The molecule has 2 aromatic heterocycles. The van der Waals surface area contributed by atoms with Crippen LogP contribution in [0.25, 0.3) is 11.3 Å². The van der Waals surface area contributed by atoms with Gasteiger partial charge in [-0.25, -0.2) is 4.98 Å². The molecule has 38 heavy (non-hydrogen) atoms. The molecule has 4 aromatic rings. The number of piperidine rings is 1. The normalized spacial score (nSPS) is 21.7. The van der Waals surface area contributed by atoms with Crippen LogP contribution in [0.2, 0.25) is 0 Å². The number of aromatic amines is 1. The van der Waals surface area contributed by atoms with E-state index >= 15 is 0 Å². The van der Waals surface area contributed by atoms with Crippen LogP contribution in [-0.4, -0.2) is 49.3 Å². The summed E-state index contributed by atoms with van der Waals surface area (Å²) in [5.41, 5.74) is 6.35. The van der Waals surface area contributed by atoms with Gasteiger partial charge in [-0.3, -0.25) is 10.00 Å². The minimum absolute atomic E-state index is 0.296. The number of aryl methyl sites for hydroxylation is 2. The van der Waals surface area contributed by atoms with Crippen LogP contribution in [0.3, 0.4) is 0 Å². The van der Waals surface area contributed by atoms with Gasteiger partial charge in [-0.1, -0.05) is 30.3 Å². The molecule has 2 aliphatic rings. The Kier molecular flexibility index (Phi) is 7.06. The molecule has 1 saturated heterocycles.